The first kappa shape index (κ1) is 79.9. The molecule has 0 aliphatic carbocycles. The zero-order chi connectivity index (χ0) is 60.7. The fourth-order valence-corrected chi connectivity index (χ4v) is 10.4. The van der Waals surface area contributed by atoms with Gasteiger partial charge in [0.15, 0.2) is 0 Å². The summed E-state index contributed by atoms with van der Waals surface area (Å²) in [6.45, 7) is 6.89. The number of likely N-dealkylation sites (N-methyl/N-ethyl adjacent to an activating group) is 1. The zero-order valence-corrected chi connectivity index (χ0v) is 55.8. The maximum Gasteiger partial charge on any atom is 0.472 e. The van der Waals surface area contributed by atoms with Crippen molar-refractivity contribution in [2.45, 2.75) is 315 Å². The van der Waals surface area contributed by atoms with Crippen LogP contribution in [0.3, 0.4) is 0 Å². The first-order chi connectivity index (χ1) is 40.4. The van der Waals surface area contributed by atoms with E-state index in [1.165, 1.54) is 161 Å². The number of esters is 1. The minimum Gasteiger partial charge on any atom is -0.456 e. The molecule has 480 valence electrons. The van der Waals surface area contributed by atoms with Crippen LogP contribution in [0.15, 0.2) is 97.2 Å². The van der Waals surface area contributed by atoms with Crippen molar-refractivity contribution in [1.29, 1.82) is 0 Å². The van der Waals surface area contributed by atoms with E-state index < -0.39 is 20.0 Å². The number of amides is 1. The highest BCUT2D eigenvalue weighted by atomic mass is 31.2. The zero-order valence-electron chi connectivity index (χ0n) is 54.9. The summed E-state index contributed by atoms with van der Waals surface area (Å²) >= 11 is 0. The minimum atomic E-state index is -4.46. The van der Waals surface area contributed by atoms with Crippen LogP contribution in [0.2, 0.25) is 0 Å². The van der Waals surface area contributed by atoms with E-state index in [1.54, 1.807) is 0 Å². The van der Waals surface area contributed by atoms with Crippen molar-refractivity contribution in [3.8, 4) is 0 Å². The van der Waals surface area contributed by atoms with E-state index in [0.717, 1.165) is 109 Å². The number of unbranched alkanes of at least 4 members (excludes halogenated alkanes) is 32. The molecule has 0 fully saturated rings. The molecular formula is C73H132N2O7P+. The van der Waals surface area contributed by atoms with Crippen molar-refractivity contribution >= 4 is 19.7 Å². The van der Waals surface area contributed by atoms with Crippen LogP contribution in [-0.4, -0.2) is 74.3 Å². The molecule has 3 atom stereocenters. The van der Waals surface area contributed by atoms with E-state index in [2.05, 4.69) is 111 Å². The Hall–Kier alpha value is -3.07. The number of allylic oxidation sites excluding steroid dienone is 15. The van der Waals surface area contributed by atoms with Gasteiger partial charge in [0.25, 0.3) is 0 Å². The number of hydrogen-bond acceptors (Lipinski definition) is 6. The number of carbonyl (C=O) groups excluding carboxylic acids is 2. The lowest BCUT2D eigenvalue weighted by atomic mass is 10.0. The largest absolute Gasteiger partial charge is 0.472 e. The van der Waals surface area contributed by atoms with Gasteiger partial charge in [-0.3, -0.25) is 18.6 Å². The molecule has 10 heteroatoms. The van der Waals surface area contributed by atoms with Crippen molar-refractivity contribution in [2.75, 3.05) is 40.9 Å². The summed E-state index contributed by atoms with van der Waals surface area (Å²) in [6, 6.07) is -0.861. The second-order valence-electron chi connectivity index (χ2n) is 24.3. The monoisotopic (exact) mass is 1180 g/mol. The normalized spacial score (nSPS) is 14.2. The molecule has 0 aliphatic heterocycles. The lowest BCUT2D eigenvalue weighted by Crippen LogP contribution is -2.47. The molecule has 0 aromatic heterocycles. The fraction of sp³-hybridized carbons (Fsp3) is 0.753. The summed E-state index contributed by atoms with van der Waals surface area (Å²) in [5, 5.41) is 3.06. The van der Waals surface area contributed by atoms with Gasteiger partial charge in [-0.1, -0.05) is 279 Å². The van der Waals surface area contributed by atoms with Crippen LogP contribution in [0, 0.1) is 0 Å². The van der Waals surface area contributed by atoms with E-state index in [4.69, 9.17) is 13.8 Å². The predicted molar refractivity (Wildman–Crippen MR) is 360 cm³/mol. The number of rotatable bonds is 62. The standard InChI is InChI=1S/C73H131N2O7P/c1-7-10-13-16-19-22-25-28-30-32-34-36-37-39-40-42-44-47-50-53-56-59-62-65-72(76)74-70(69-81-83(78,79)80-68-67-75(4,5)6)71(64-61-58-55-52-49-46-27-24-21-18-15-12-9-3)82-73(77)66-63-60-57-54-51-48-45-43-41-38-35-33-31-29-26-23-20-17-14-11-8-2/h10,13,19-20,22-23,28-31,34,36,39-40,61,64,70-71H,7-9,11-12,14-18,21,24-27,32-33,35,37-38,41-60,62-63,65-69H2,1-6H3,(H-,74,76,78,79)/p+1/b13-10-,22-19-,23-20-,30-28-,31-29-,36-34-,40-39-,64-61+. The molecule has 1 amide bonds. The quantitative estimate of drug-likeness (QED) is 0.0205. The van der Waals surface area contributed by atoms with E-state index in [9.17, 15) is 19.0 Å². The Balaban J connectivity index is 5.19. The summed E-state index contributed by atoms with van der Waals surface area (Å²) in [7, 11) is 1.48. The van der Waals surface area contributed by atoms with Crippen LogP contribution < -0.4 is 5.32 Å². The van der Waals surface area contributed by atoms with E-state index in [1.807, 2.05) is 33.3 Å². The molecule has 2 N–H and O–H groups in total. The highest BCUT2D eigenvalue weighted by Crippen LogP contribution is 2.43. The van der Waals surface area contributed by atoms with Crippen LogP contribution in [0.25, 0.3) is 0 Å². The van der Waals surface area contributed by atoms with Gasteiger partial charge in [0.05, 0.1) is 33.8 Å². The van der Waals surface area contributed by atoms with Crippen LogP contribution >= 0.6 is 7.82 Å². The lowest BCUT2D eigenvalue weighted by Gasteiger charge is -2.27. The number of phosphoric acid groups is 1. The summed E-state index contributed by atoms with van der Waals surface area (Å²) in [5.41, 5.74) is 0. The topological polar surface area (TPSA) is 111 Å². The Kier molecular flexibility index (Phi) is 59.7. The minimum absolute atomic E-state index is 0.0339. The highest BCUT2D eigenvalue weighted by Gasteiger charge is 2.30. The van der Waals surface area contributed by atoms with E-state index in [-0.39, 0.29) is 31.5 Å². The summed E-state index contributed by atoms with van der Waals surface area (Å²) in [5.74, 6) is -0.517. The molecular weight excluding hydrogens is 1050 g/mol. The van der Waals surface area contributed by atoms with Crippen LogP contribution in [0.1, 0.15) is 303 Å². The molecule has 0 aromatic carbocycles. The van der Waals surface area contributed by atoms with Crippen LogP contribution in [0.5, 0.6) is 0 Å². The maximum atomic E-state index is 13.6. The Morgan fingerprint density at radius 1 is 0.434 bits per heavy atom. The molecule has 0 aliphatic rings. The molecule has 0 radical (unpaired) electrons. The third-order valence-electron chi connectivity index (χ3n) is 15.0. The number of carbonyl (C=O) groups is 2. The SMILES string of the molecule is CC/C=C\C/C=C\C/C=C\C/C=C\C/C=C\CCCCCCCCCC(=O)NC(COP(=O)(O)OCC[N+](C)(C)C)C(/C=C/CCCCCCCCCCCCC)OC(=O)CCCCCCCCCCCCC/C=C\C/C=C\CCCCC. The van der Waals surface area contributed by atoms with Gasteiger partial charge in [0.1, 0.15) is 19.3 Å². The molecule has 0 heterocycles. The first-order valence-electron chi connectivity index (χ1n) is 34.6. The highest BCUT2D eigenvalue weighted by molar-refractivity contribution is 7.47. The maximum absolute atomic E-state index is 13.6. The third kappa shape index (κ3) is 63.3. The molecule has 0 saturated heterocycles. The van der Waals surface area contributed by atoms with Crippen molar-refractivity contribution in [3.63, 3.8) is 0 Å². The van der Waals surface area contributed by atoms with E-state index >= 15 is 0 Å². The van der Waals surface area contributed by atoms with Crippen LogP contribution in [0.4, 0.5) is 0 Å². The molecule has 0 rings (SSSR count). The second-order valence-corrected chi connectivity index (χ2v) is 25.8. The molecule has 0 saturated carbocycles. The Labute approximate surface area is 513 Å². The number of nitrogens with zero attached hydrogens (tertiary/aromatic N) is 1. The van der Waals surface area contributed by atoms with Crippen molar-refractivity contribution < 1.29 is 37.3 Å². The Morgan fingerprint density at radius 3 is 1.18 bits per heavy atom. The van der Waals surface area contributed by atoms with Gasteiger partial charge in [-0.25, -0.2) is 4.57 Å². The molecule has 0 bridgehead atoms. The van der Waals surface area contributed by atoms with Crippen molar-refractivity contribution in [2.24, 2.45) is 0 Å². The molecule has 3 unspecified atom stereocenters. The smallest absolute Gasteiger partial charge is 0.456 e. The summed E-state index contributed by atoms with van der Waals surface area (Å²) < 4.78 is 30.8. The molecule has 83 heavy (non-hydrogen) atoms. The summed E-state index contributed by atoms with van der Waals surface area (Å²) in [4.78, 5) is 37.9. The number of nitrogens with one attached hydrogen (secondary N) is 1. The Morgan fingerprint density at radius 2 is 0.771 bits per heavy atom. The van der Waals surface area contributed by atoms with Gasteiger partial charge in [-0.2, -0.15) is 0 Å². The average molecular weight is 1180 g/mol. The second kappa shape index (κ2) is 62.0. The number of hydrogen-bond donors (Lipinski definition) is 2. The molecule has 9 nitrogen and oxygen atoms in total. The van der Waals surface area contributed by atoms with Crippen LogP contribution in [-0.2, 0) is 27.9 Å². The number of ether oxygens (including phenoxy) is 1. The Bertz CT molecular complexity index is 1740. The molecule has 0 aromatic rings. The predicted octanol–water partition coefficient (Wildman–Crippen LogP) is 21.9. The number of quaternary nitrogens is 1. The van der Waals surface area contributed by atoms with Gasteiger partial charge >= 0.3 is 13.8 Å². The van der Waals surface area contributed by atoms with Crippen molar-refractivity contribution in [1.82, 2.24) is 5.32 Å². The summed E-state index contributed by atoms with van der Waals surface area (Å²) in [6.07, 6.45) is 84.0. The van der Waals surface area contributed by atoms with Gasteiger partial charge in [0, 0.05) is 12.8 Å². The van der Waals surface area contributed by atoms with Crippen molar-refractivity contribution in [3.05, 3.63) is 97.2 Å². The average Bonchev–Trinajstić information content (AvgIpc) is 3.46. The lowest BCUT2D eigenvalue weighted by molar-refractivity contribution is -0.870. The van der Waals surface area contributed by atoms with Gasteiger partial charge < -0.3 is 19.4 Å². The fourth-order valence-electron chi connectivity index (χ4n) is 9.70. The van der Waals surface area contributed by atoms with Gasteiger partial charge in [0.2, 0.25) is 5.91 Å². The number of phosphoric ester groups is 1. The van der Waals surface area contributed by atoms with Gasteiger partial charge in [-0.15, -0.1) is 0 Å². The molecule has 0 spiro atoms. The third-order valence-corrected chi connectivity index (χ3v) is 16.0. The van der Waals surface area contributed by atoms with Gasteiger partial charge in [-0.05, 0) is 109 Å². The first-order valence-corrected chi connectivity index (χ1v) is 36.1. The van der Waals surface area contributed by atoms with E-state index in [0.29, 0.717) is 17.4 Å².